The Labute approximate surface area is 131 Å². The molecule has 3 aromatic heterocycles. The van der Waals surface area contributed by atoms with Crippen molar-refractivity contribution in [3.63, 3.8) is 0 Å². The largest absolute Gasteiger partial charge is 0.335 e. The third-order valence-electron chi connectivity index (χ3n) is 3.95. The molecule has 23 heavy (non-hydrogen) atoms. The summed E-state index contributed by atoms with van der Waals surface area (Å²) >= 11 is 0. The molecule has 5 heteroatoms. The molecule has 2 aromatic carbocycles. The standard InChI is InChI=1S/C18H11N5/c1-2-4-14-11(3-1)7-13-8-12(5-6-15(13)21-14)17-22-16-9-19-10-20-18(16)23-17/h1-10H,(H,19,20,22,23). The van der Waals surface area contributed by atoms with Crippen LogP contribution in [0.2, 0.25) is 0 Å². The Hall–Kier alpha value is -3.34. The lowest BCUT2D eigenvalue weighted by Gasteiger charge is -2.03. The normalized spacial score (nSPS) is 11.5. The summed E-state index contributed by atoms with van der Waals surface area (Å²) in [5.74, 6) is 0.788. The minimum Gasteiger partial charge on any atom is -0.335 e. The highest BCUT2D eigenvalue weighted by Crippen LogP contribution is 2.25. The Morgan fingerprint density at radius 3 is 2.70 bits per heavy atom. The predicted octanol–water partition coefficient (Wildman–Crippen LogP) is 3.72. The molecule has 0 saturated heterocycles. The third kappa shape index (κ3) is 1.94. The molecule has 0 spiro atoms. The first-order chi connectivity index (χ1) is 11.4. The molecule has 0 radical (unpaired) electrons. The van der Waals surface area contributed by atoms with Crippen LogP contribution >= 0.6 is 0 Å². The zero-order chi connectivity index (χ0) is 15.2. The van der Waals surface area contributed by atoms with Crippen molar-refractivity contribution < 1.29 is 0 Å². The molecule has 0 aliphatic rings. The number of nitrogens with one attached hydrogen (secondary N) is 1. The Morgan fingerprint density at radius 2 is 1.74 bits per heavy atom. The maximum Gasteiger partial charge on any atom is 0.181 e. The van der Waals surface area contributed by atoms with Gasteiger partial charge in [0.1, 0.15) is 17.7 Å². The highest BCUT2D eigenvalue weighted by Gasteiger charge is 2.08. The van der Waals surface area contributed by atoms with Gasteiger partial charge in [0, 0.05) is 16.3 Å². The van der Waals surface area contributed by atoms with E-state index in [1.807, 2.05) is 30.3 Å². The monoisotopic (exact) mass is 297 g/mol. The molecule has 3 heterocycles. The topological polar surface area (TPSA) is 67.3 Å². The summed E-state index contributed by atoms with van der Waals surface area (Å²) in [6.45, 7) is 0. The van der Waals surface area contributed by atoms with Gasteiger partial charge >= 0.3 is 0 Å². The first-order valence-electron chi connectivity index (χ1n) is 7.32. The number of aromatic amines is 1. The van der Waals surface area contributed by atoms with E-state index in [4.69, 9.17) is 4.98 Å². The van der Waals surface area contributed by atoms with E-state index >= 15 is 0 Å². The number of rotatable bonds is 1. The van der Waals surface area contributed by atoms with E-state index in [1.54, 1.807) is 6.20 Å². The van der Waals surface area contributed by atoms with Crippen LogP contribution in [0.25, 0.3) is 44.4 Å². The number of hydrogen-bond donors (Lipinski definition) is 1. The van der Waals surface area contributed by atoms with Gasteiger partial charge in [-0.3, -0.25) is 0 Å². The molecule has 5 rings (SSSR count). The molecule has 0 aliphatic carbocycles. The molecule has 0 aliphatic heterocycles. The highest BCUT2D eigenvalue weighted by atomic mass is 15.0. The number of H-pyrrole nitrogens is 1. The van der Waals surface area contributed by atoms with Crippen molar-refractivity contribution in [2.75, 3.05) is 0 Å². The van der Waals surface area contributed by atoms with Crippen LogP contribution in [-0.2, 0) is 0 Å². The number of nitrogens with zero attached hydrogens (tertiary/aromatic N) is 4. The second kappa shape index (κ2) is 4.58. The molecular formula is C18H11N5. The fraction of sp³-hybridized carbons (Fsp3) is 0. The van der Waals surface area contributed by atoms with Gasteiger partial charge in [-0.2, -0.15) is 0 Å². The van der Waals surface area contributed by atoms with Crippen molar-refractivity contribution >= 4 is 33.0 Å². The first kappa shape index (κ1) is 12.2. The van der Waals surface area contributed by atoms with Crippen molar-refractivity contribution in [1.82, 2.24) is 24.9 Å². The van der Waals surface area contributed by atoms with Gasteiger partial charge in [-0.25, -0.2) is 19.9 Å². The summed E-state index contributed by atoms with van der Waals surface area (Å²) in [4.78, 5) is 20.7. The Morgan fingerprint density at radius 1 is 0.826 bits per heavy atom. The van der Waals surface area contributed by atoms with Crippen LogP contribution in [0.3, 0.4) is 0 Å². The molecule has 0 saturated carbocycles. The minimum atomic E-state index is 0.673. The summed E-state index contributed by atoms with van der Waals surface area (Å²) in [5, 5.41) is 2.22. The molecule has 0 atom stereocenters. The zero-order valence-electron chi connectivity index (χ0n) is 12.1. The van der Waals surface area contributed by atoms with E-state index in [0.717, 1.165) is 38.7 Å². The number of aromatic nitrogens is 5. The van der Waals surface area contributed by atoms with Crippen LogP contribution in [-0.4, -0.2) is 24.9 Å². The number of fused-ring (bicyclic) bond motifs is 3. The van der Waals surface area contributed by atoms with Crippen LogP contribution in [0.5, 0.6) is 0 Å². The van der Waals surface area contributed by atoms with Crippen LogP contribution < -0.4 is 0 Å². The molecule has 108 valence electrons. The highest BCUT2D eigenvalue weighted by molar-refractivity contribution is 5.94. The molecule has 0 unspecified atom stereocenters. The smallest absolute Gasteiger partial charge is 0.181 e. The number of hydrogen-bond acceptors (Lipinski definition) is 4. The fourth-order valence-corrected chi connectivity index (χ4v) is 2.83. The zero-order valence-corrected chi connectivity index (χ0v) is 12.1. The first-order valence-corrected chi connectivity index (χ1v) is 7.32. The maximum absolute atomic E-state index is 4.70. The molecule has 5 aromatic rings. The van der Waals surface area contributed by atoms with Crippen molar-refractivity contribution in [3.05, 3.63) is 61.1 Å². The number of pyridine rings is 1. The maximum atomic E-state index is 4.70. The van der Waals surface area contributed by atoms with Crippen molar-refractivity contribution in [3.8, 4) is 11.4 Å². The van der Waals surface area contributed by atoms with E-state index in [-0.39, 0.29) is 0 Å². The molecule has 0 fully saturated rings. The summed E-state index contributed by atoms with van der Waals surface area (Å²) in [7, 11) is 0. The van der Waals surface area contributed by atoms with Crippen LogP contribution in [0.4, 0.5) is 0 Å². The average Bonchev–Trinajstić information content (AvgIpc) is 3.03. The Balaban J connectivity index is 1.73. The average molecular weight is 297 g/mol. The van der Waals surface area contributed by atoms with Crippen molar-refractivity contribution in [2.24, 2.45) is 0 Å². The van der Waals surface area contributed by atoms with Crippen molar-refractivity contribution in [2.45, 2.75) is 0 Å². The van der Waals surface area contributed by atoms with Gasteiger partial charge in [0.15, 0.2) is 5.65 Å². The van der Waals surface area contributed by atoms with Gasteiger partial charge in [-0.05, 0) is 30.3 Å². The molecular weight excluding hydrogens is 286 g/mol. The van der Waals surface area contributed by atoms with Gasteiger partial charge in [0.25, 0.3) is 0 Å². The summed E-state index contributed by atoms with van der Waals surface area (Å²) in [6.07, 6.45) is 3.23. The molecule has 5 nitrogen and oxygen atoms in total. The van der Waals surface area contributed by atoms with Crippen LogP contribution in [0.1, 0.15) is 0 Å². The fourth-order valence-electron chi connectivity index (χ4n) is 2.83. The lowest BCUT2D eigenvalue weighted by atomic mass is 10.1. The van der Waals surface area contributed by atoms with Crippen molar-refractivity contribution in [1.29, 1.82) is 0 Å². The van der Waals surface area contributed by atoms with Crippen LogP contribution in [0, 0.1) is 0 Å². The summed E-state index contributed by atoms with van der Waals surface area (Å²) in [5.41, 5.74) is 4.49. The number of benzene rings is 2. The van der Waals surface area contributed by atoms with Crippen LogP contribution in [0.15, 0.2) is 61.1 Å². The lowest BCUT2D eigenvalue weighted by molar-refractivity contribution is 1.20. The summed E-state index contributed by atoms with van der Waals surface area (Å²) in [6, 6.07) is 16.4. The van der Waals surface area contributed by atoms with Gasteiger partial charge < -0.3 is 4.98 Å². The summed E-state index contributed by atoms with van der Waals surface area (Å²) < 4.78 is 0. The number of imidazole rings is 1. The van der Waals surface area contributed by atoms with Gasteiger partial charge in [-0.1, -0.05) is 18.2 Å². The third-order valence-corrected chi connectivity index (χ3v) is 3.95. The lowest BCUT2D eigenvalue weighted by Crippen LogP contribution is -1.85. The predicted molar refractivity (Wildman–Crippen MR) is 89.9 cm³/mol. The quantitative estimate of drug-likeness (QED) is 0.479. The van der Waals surface area contributed by atoms with E-state index in [2.05, 4.69) is 38.1 Å². The Bertz CT molecular complexity index is 1140. The van der Waals surface area contributed by atoms with E-state index in [0.29, 0.717) is 5.65 Å². The SMILES string of the molecule is c1ccc2nc3ccc(-c4nc5ncncc5[nH]4)cc3cc2c1. The van der Waals surface area contributed by atoms with Gasteiger partial charge in [-0.15, -0.1) is 0 Å². The molecule has 0 amide bonds. The van der Waals surface area contributed by atoms with E-state index in [9.17, 15) is 0 Å². The number of para-hydroxylation sites is 1. The van der Waals surface area contributed by atoms with Gasteiger partial charge in [0.05, 0.1) is 17.2 Å². The molecule has 0 bridgehead atoms. The van der Waals surface area contributed by atoms with Gasteiger partial charge in [0.2, 0.25) is 0 Å². The second-order valence-corrected chi connectivity index (χ2v) is 5.43. The minimum absolute atomic E-state index is 0.673. The van der Waals surface area contributed by atoms with E-state index in [1.165, 1.54) is 6.33 Å². The molecule has 1 N–H and O–H groups in total. The second-order valence-electron chi connectivity index (χ2n) is 5.43. The Kier molecular flexibility index (Phi) is 2.43. The van der Waals surface area contributed by atoms with E-state index < -0.39 is 0 Å².